The Morgan fingerprint density at radius 1 is 1.00 bits per heavy atom. The zero-order valence-electron chi connectivity index (χ0n) is 24.2. The van der Waals surface area contributed by atoms with Crippen LogP contribution in [0.25, 0.3) is 10.9 Å². The second kappa shape index (κ2) is 13.9. The summed E-state index contributed by atoms with van der Waals surface area (Å²) in [4.78, 5) is 32.4. The Kier molecular flexibility index (Phi) is 9.82. The number of amides is 1. The molecule has 0 radical (unpaired) electrons. The van der Waals surface area contributed by atoms with Gasteiger partial charge in [-0.3, -0.25) is 14.8 Å². The van der Waals surface area contributed by atoms with Gasteiger partial charge in [-0.1, -0.05) is 17.6 Å². The van der Waals surface area contributed by atoms with E-state index in [0.29, 0.717) is 40.7 Å². The fraction of sp³-hybridized carbons (Fsp3) is 0.290. The van der Waals surface area contributed by atoms with Gasteiger partial charge in [0, 0.05) is 30.4 Å². The molecule has 1 saturated heterocycles. The van der Waals surface area contributed by atoms with E-state index in [0.717, 1.165) is 50.3 Å². The summed E-state index contributed by atoms with van der Waals surface area (Å²) in [6.07, 6.45) is -0.0280. The van der Waals surface area contributed by atoms with Crippen molar-refractivity contribution in [3.63, 3.8) is 0 Å². The maximum Gasteiger partial charge on any atom is 0.433 e. The number of alkyl halides is 3. The standard InChI is InChI=1S/C31H29BF4N4O5/c1-43-26-13-21-23(14-27(26)44-17-18-6-9-37-10-7-18)38-11-8-24(21)45-25-4-3-20(12-22(25)33)32-29(41)30(42)40-16-19-2-5-28(39-15-19)31(34,35)36/h2-5,8,11-15,18,32,37H,6-7,9-10,16-17H2,1H3,(H,40,42). The Hall–Kier alpha value is -4.72. The van der Waals surface area contributed by atoms with Crippen molar-refractivity contribution in [1.29, 1.82) is 0 Å². The number of hydrogen-bond acceptors (Lipinski definition) is 8. The van der Waals surface area contributed by atoms with E-state index in [9.17, 15) is 22.8 Å². The molecule has 3 heterocycles. The minimum atomic E-state index is -4.58. The predicted molar refractivity (Wildman–Crippen MR) is 159 cm³/mol. The number of fused-ring (bicyclic) bond motifs is 1. The van der Waals surface area contributed by atoms with Gasteiger partial charge in [0.15, 0.2) is 28.7 Å². The molecule has 9 nitrogen and oxygen atoms in total. The van der Waals surface area contributed by atoms with Crippen LogP contribution in [0.2, 0.25) is 0 Å². The van der Waals surface area contributed by atoms with Crippen LogP contribution in [0.4, 0.5) is 17.6 Å². The molecule has 5 rings (SSSR count). The van der Waals surface area contributed by atoms with Crippen molar-refractivity contribution in [1.82, 2.24) is 20.6 Å². The van der Waals surface area contributed by atoms with Gasteiger partial charge in [-0.05, 0) is 67.7 Å². The molecular weight excluding hydrogens is 595 g/mol. The third kappa shape index (κ3) is 8.07. The van der Waals surface area contributed by atoms with E-state index in [1.165, 1.54) is 25.4 Å². The maximum absolute atomic E-state index is 15.1. The lowest BCUT2D eigenvalue weighted by Crippen LogP contribution is -2.38. The Labute approximate surface area is 256 Å². The van der Waals surface area contributed by atoms with E-state index in [1.54, 1.807) is 18.2 Å². The summed E-state index contributed by atoms with van der Waals surface area (Å²) in [6, 6.07) is 10.9. The topological polar surface area (TPSA) is 112 Å². The predicted octanol–water partition coefficient (Wildman–Crippen LogP) is 3.87. The van der Waals surface area contributed by atoms with Crippen LogP contribution in [0.3, 0.4) is 0 Å². The van der Waals surface area contributed by atoms with Crippen molar-refractivity contribution >= 4 is 35.2 Å². The molecule has 4 aromatic rings. The van der Waals surface area contributed by atoms with Crippen LogP contribution in [0.15, 0.2) is 60.9 Å². The number of halogens is 4. The monoisotopic (exact) mass is 624 g/mol. The van der Waals surface area contributed by atoms with Gasteiger partial charge in [-0.25, -0.2) is 4.39 Å². The van der Waals surface area contributed by atoms with E-state index in [4.69, 9.17) is 14.2 Å². The lowest BCUT2D eigenvalue weighted by Gasteiger charge is -2.23. The van der Waals surface area contributed by atoms with E-state index in [-0.39, 0.29) is 23.3 Å². The molecule has 0 aliphatic carbocycles. The van der Waals surface area contributed by atoms with Gasteiger partial charge in [0.05, 0.1) is 19.2 Å². The first kappa shape index (κ1) is 31.7. The lowest BCUT2D eigenvalue weighted by atomic mass is 9.66. The first-order chi connectivity index (χ1) is 21.6. The Balaban J connectivity index is 1.21. The van der Waals surface area contributed by atoms with Crippen molar-refractivity contribution in [3.8, 4) is 23.0 Å². The number of methoxy groups -OCH3 is 1. The third-order valence-corrected chi connectivity index (χ3v) is 7.32. The molecule has 2 aromatic heterocycles. The smallest absolute Gasteiger partial charge is 0.433 e. The van der Waals surface area contributed by atoms with E-state index < -0.39 is 36.6 Å². The number of hydrogen-bond donors (Lipinski definition) is 2. The van der Waals surface area contributed by atoms with Crippen molar-refractivity contribution in [2.24, 2.45) is 5.92 Å². The number of ether oxygens (including phenoxy) is 3. The van der Waals surface area contributed by atoms with Crippen molar-refractivity contribution in [3.05, 3.63) is 78.0 Å². The van der Waals surface area contributed by atoms with Crippen LogP contribution in [-0.4, -0.2) is 55.6 Å². The summed E-state index contributed by atoms with van der Waals surface area (Å²) in [7, 11) is 1.13. The summed E-state index contributed by atoms with van der Waals surface area (Å²) in [5, 5.41) is 6.24. The van der Waals surface area contributed by atoms with Gasteiger partial charge in [0.1, 0.15) is 11.4 Å². The van der Waals surface area contributed by atoms with Crippen LogP contribution in [0, 0.1) is 11.7 Å². The number of aromatic nitrogens is 2. The summed E-state index contributed by atoms with van der Waals surface area (Å²) in [6.45, 7) is 2.27. The lowest BCUT2D eigenvalue weighted by molar-refractivity contribution is -0.141. The Bertz CT molecular complexity index is 1680. The summed E-state index contributed by atoms with van der Waals surface area (Å²) in [5.74, 6) is -0.0337. The quantitative estimate of drug-likeness (QED) is 0.147. The van der Waals surface area contributed by atoms with Crippen molar-refractivity contribution < 1.29 is 41.4 Å². The summed E-state index contributed by atoms with van der Waals surface area (Å²) >= 11 is 0. The molecule has 45 heavy (non-hydrogen) atoms. The highest BCUT2D eigenvalue weighted by Gasteiger charge is 2.32. The van der Waals surface area contributed by atoms with Gasteiger partial charge < -0.3 is 29.6 Å². The fourth-order valence-corrected chi connectivity index (χ4v) is 4.84. The zero-order valence-corrected chi connectivity index (χ0v) is 24.2. The maximum atomic E-state index is 15.1. The molecule has 0 unspecified atom stereocenters. The third-order valence-electron chi connectivity index (χ3n) is 7.32. The number of nitrogens with one attached hydrogen (secondary N) is 2. The van der Waals surface area contributed by atoms with Crippen LogP contribution in [0.5, 0.6) is 23.0 Å². The van der Waals surface area contributed by atoms with Crippen LogP contribution in [0.1, 0.15) is 24.1 Å². The second-order valence-corrected chi connectivity index (χ2v) is 10.5. The molecule has 1 fully saturated rings. The molecule has 0 bridgehead atoms. The van der Waals surface area contributed by atoms with Crippen LogP contribution in [-0.2, 0) is 22.3 Å². The van der Waals surface area contributed by atoms with Gasteiger partial charge in [0.25, 0.3) is 13.2 Å². The number of pyridine rings is 2. The molecule has 1 aliphatic heterocycles. The number of piperidine rings is 1. The number of carbonyl (C=O) groups excluding carboxylic acids is 2. The molecule has 0 spiro atoms. The molecule has 2 N–H and O–H groups in total. The highest BCUT2D eigenvalue weighted by Crippen LogP contribution is 2.38. The minimum Gasteiger partial charge on any atom is -0.493 e. The molecule has 1 amide bonds. The van der Waals surface area contributed by atoms with E-state index in [1.807, 2.05) is 0 Å². The number of nitrogens with zero attached hydrogens (tertiary/aromatic N) is 2. The normalized spacial score (nSPS) is 13.7. The highest BCUT2D eigenvalue weighted by molar-refractivity contribution is 6.95. The second-order valence-electron chi connectivity index (χ2n) is 10.5. The van der Waals surface area contributed by atoms with E-state index >= 15 is 4.39 Å². The highest BCUT2D eigenvalue weighted by atomic mass is 19.4. The van der Waals surface area contributed by atoms with Crippen molar-refractivity contribution in [2.45, 2.75) is 25.6 Å². The molecular formula is C31H29BF4N4O5. The molecule has 2 aromatic carbocycles. The first-order valence-electron chi connectivity index (χ1n) is 14.2. The molecule has 0 saturated carbocycles. The average Bonchev–Trinajstić information content (AvgIpc) is 3.03. The number of benzene rings is 2. The van der Waals surface area contributed by atoms with Crippen molar-refractivity contribution in [2.75, 3.05) is 26.8 Å². The SMILES string of the molecule is COc1cc2c(Oc3ccc(BC(=O)C(=O)NCc4ccc(C(F)(F)F)nc4)cc3F)ccnc2cc1OCC1CCNCC1. The molecule has 1 aliphatic rings. The fourth-order valence-electron chi connectivity index (χ4n) is 4.84. The van der Waals surface area contributed by atoms with Gasteiger partial charge in [-0.2, -0.15) is 13.2 Å². The molecule has 234 valence electrons. The largest absolute Gasteiger partial charge is 0.493 e. The average molecular weight is 624 g/mol. The van der Waals surface area contributed by atoms with Gasteiger partial charge in [0.2, 0.25) is 0 Å². The van der Waals surface area contributed by atoms with Crippen LogP contribution >= 0.6 is 0 Å². The van der Waals surface area contributed by atoms with Gasteiger partial charge >= 0.3 is 6.18 Å². The molecule has 14 heteroatoms. The first-order valence-corrected chi connectivity index (χ1v) is 14.2. The summed E-state index contributed by atoms with van der Waals surface area (Å²) in [5.41, 5.74) is -0.850. The minimum absolute atomic E-state index is 0.108. The zero-order chi connectivity index (χ0) is 32.0. The Morgan fingerprint density at radius 2 is 1.80 bits per heavy atom. The Morgan fingerprint density at radius 3 is 2.49 bits per heavy atom. The van der Waals surface area contributed by atoms with E-state index in [2.05, 4.69) is 20.6 Å². The summed E-state index contributed by atoms with van der Waals surface area (Å²) < 4.78 is 70.6. The molecule has 0 atom stereocenters. The number of carbonyl (C=O) groups is 2. The van der Waals surface area contributed by atoms with Crippen LogP contribution < -0.4 is 30.3 Å². The number of rotatable bonds is 11. The van der Waals surface area contributed by atoms with Gasteiger partial charge in [-0.15, -0.1) is 0 Å².